The van der Waals surface area contributed by atoms with Crippen molar-refractivity contribution in [1.29, 1.82) is 0 Å². The highest BCUT2D eigenvalue weighted by atomic mass is 32.1. The van der Waals surface area contributed by atoms with Gasteiger partial charge in [0.15, 0.2) is 0 Å². The summed E-state index contributed by atoms with van der Waals surface area (Å²) in [7, 11) is 1.33. The zero-order valence-corrected chi connectivity index (χ0v) is 13.8. The van der Waals surface area contributed by atoms with E-state index >= 15 is 0 Å². The van der Waals surface area contributed by atoms with Crippen molar-refractivity contribution in [2.24, 2.45) is 0 Å². The van der Waals surface area contributed by atoms with Gasteiger partial charge in [0, 0.05) is 23.5 Å². The summed E-state index contributed by atoms with van der Waals surface area (Å²) >= 11 is 1.72. The fourth-order valence-corrected chi connectivity index (χ4v) is 2.81. The average Bonchev–Trinajstić information content (AvgIpc) is 3.07. The molecule has 0 fully saturated rings. The topological polar surface area (TPSA) is 67.4 Å². The molecule has 23 heavy (non-hydrogen) atoms. The number of benzene rings is 1. The number of methoxy groups -OCH3 is 1. The lowest BCUT2D eigenvalue weighted by Gasteiger charge is -2.07. The summed E-state index contributed by atoms with van der Waals surface area (Å²) in [5.74, 6) is 0.0157. The molecule has 0 saturated heterocycles. The highest BCUT2D eigenvalue weighted by Crippen LogP contribution is 2.13. The Kier molecular flexibility index (Phi) is 6.62. The monoisotopic (exact) mass is 332 g/mol. The number of carbonyl (C=O) groups is 2. The van der Waals surface area contributed by atoms with Crippen molar-refractivity contribution in [1.82, 2.24) is 5.32 Å². The number of hydrogen-bond donors (Lipinski definition) is 2. The predicted octanol–water partition coefficient (Wildman–Crippen LogP) is 3.57. The number of anilines is 1. The van der Waals surface area contributed by atoms with Gasteiger partial charge in [0.1, 0.15) is 0 Å². The number of rotatable bonds is 7. The smallest absolute Gasteiger partial charge is 0.407 e. The normalized spacial score (nSPS) is 10.1. The minimum absolute atomic E-state index is 0.0157. The Balaban J connectivity index is 1.72. The number of nitrogens with one attached hydrogen (secondary N) is 2. The third-order valence-electron chi connectivity index (χ3n) is 3.27. The van der Waals surface area contributed by atoms with Gasteiger partial charge >= 0.3 is 6.09 Å². The van der Waals surface area contributed by atoms with E-state index in [2.05, 4.69) is 21.4 Å². The summed E-state index contributed by atoms with van der Waals surface area (Å²) in [6, 6.07) is 11.5. The molecule has 0 aliphatic carbocycles. The molecule has 0 radical (unpaired) electrons. The van der Waals surface area contributed by atoms with E-state index < -0.39 is 6.09 Å². The van der Waals surface area contributed by atoms with Crippen LogP contribution in [0.2, 0.25) is 0 Å². The SMILES string of the molecule is COC(=O)NCc1ccc(NC(=O)CCCc2cccs2)cc1. The molecule has 0 saturated carbocycles. The van der Waals surface area contributed by atoms with Crippen LogP contribution in [0, 0.1) is 0 Å². The second-order valence-corrected chi connectivity index (χ2v) is 6.06. The van der Waals surface area contributed by atoms with E-state index in [1.807, 2.05) is 35.7 Å². The lowest BCUT2D eigenvalue weighted by atomic mass is 10.2. The Morgan fingerprint density at radius 3 is 2.61 bits per heavy atom. The molecule has 0 bridgehead atoms. The van der Waals surface area contributed by atoms with Crippen molar-refractivity contribution in [2.75, 3.05) is 12.4 Å². The molecule has 2 rings (SSSR count). The van der Waals surface area contributed by atoms with Gasteiger partial charge in [-0.1, -0.05) is 18.2 Å². The predicted molar refractivity (Wildman–Crippen MR) is 91.6 cm³/mol. The molecule has 5 nitrogen and oxygen atoms in total. The molecule has 0 spiro atoms. The van der Waals surface area contributed by atoms with Crippen LogP contribution >= 0.6 is 11.3 Å². The number of hydrogen-bond acceptors (Lipinski definition) is 4. The molecule has 2 amide bonds. The van der Waals surface area contributed by atoms with Gasteiger partial charge in [-0.15, -0.1) is 11.3 Å². The molecule has 1 aromatic carbocycles. The molecule has 0 unspecified atom stereocenters. The first-order valence-electron chi connectivity index (χ1n) is 7.40. The summed E-state index contributed by atoms with van der Waals surface area (Å²) in [6.07, 6.45) is 1.81. The second kappa shape index (κ2) is 8.95. The molecule has 0 aliphatic heterocycles. The largest absolute Gasteiger partial charge is 0.453 e. The fourth-order valence-electron chi connectivity index (χ4n) is 2.05. The first-order valence-corrected chi connectivity index (χ1v) is 8.28. The Hall–Kier alpha value is -2.34. The van der Waals surface area contributed by atoms with Crippen molar-refractivity contribution < 1.29 is 14.3 Å². The lowest BCUT2D eigenvalue weighted by Crippen LogP contribution is -2.22. The minimum Gasteiger partial charge on any atom is -0.453 e. The molecule has 2 aromatic rings. The number of alkyl carbamates (subject to hydrolysis) is 1. The van der Waals surface area contributed by atoms with Crippen LogP contribution in [0.15, 0.2) is 41.8 Å². The summed E-state index contributed by atoms with van der Waals surface area (Å²) < 4.78 is 4.51. The van der Waals surface area contributed by atoms with Crippen LogP contribution in [0.25, 0.3) is 0 Å². The first-order chi connectivity index (χ1) is 11.2. The number of carbonyl (C=O) groups excluding carboxylic acids is 2. The number of ether oxygens (including phenoxy) is 1. The van der Waals surface area contributed by atoms with Gasteiger partial charge in [0.25, 0.3) is 0 Å². The molecule has 2 N–H and O–H groups in total. The van der Waals surface area contributed by atoms with E-state index in [-0.39, 0.29) is 5.91 Å². The fraction of sp³-hybridized carbons (Fsp3) is 0.294. The van der Waals surface area contributed by atoms with E-state index in [1.54, 1.807) is 11.3 Å². The van der Waals surface area contributed by atoms with Crippen LogP contribution < -0.4 is 10.6 Å². The van der Waals surface area contributed by atoms with Gasteiger partial charge in [-0.05, 0) is 42.0 Å². The molecule has 0 atom stereocenters. The molecule has 1 aromatic heterocycles. The van der Waals surface area contributed by atoms with E-state index in [0.717, 1.165) is 24.1 Å². The molecular formula is C17H20N2O3S. The standard InChI is InChI=1S/C17H20N2O3S/c1-22-17(21)18-12-13-7-9-14(10-8-13)19-16(20)6-2-4-15-5-3-11-23-15/h3,5,7-11H,2,4,6,12H2,1H3,(H,18,21)(H,19,20). The maximum atomic E-state index is 11.9. The van der Waals surface area contributed by atoms with Crippen LogP contribution in [0.3, 0.4) is 0 Å². The van der Waals surface area contributed by atoms with Crippen molar-refractivity contribution in [2.45, 2.75) is 25.8 Å². The Labute approximate surface area is 139 Å². The third-order valence-corrected chi connectivity index (χ3v) is 4.20. The second-order valence-electron chi connectivity index (χ2n) is 5.02. The molecule has 122 valence electrons. The molecule has 1 heterocycles. The van der Waals surface area contributed by atoms with Crippen LogP contribution in [-0.2, 0) is 22.5 Å². The van der Waals surface area contributed by atoms with Gasteiger partial charge in [-0.3, -0.25) is 4.79 Å². The third kappa shape index (κ3) is 6.12. The summed E-state index contributed by atoms with van der Waals surface area (Å²) in [4.78, 5) is 24.2. The van der Waals surface area contributed by atoms with Crippen LogP contribution in [0.4, 0.5) is 10.5 Å². The highest BCUT2D eigenvalue weighted by Gasteiger charge is 2.04. The van der Waals surface area contributed by atoms with Gasteiger partial charge in [-0.25, -0.2) is 4.79 Å². The van der Waals surface area contributed by atoms with Gasteiger partial charge < -0.3 is 15.4 Å². The summed E-state index contributed by atoms with van der Waals surface area (Å²) in [6.45, 7) is 0.391. The minimum atomic E-state index is -0.465. The maximum absolute atomic E-state index is 11.9. The van der Waals surface area contributed by atoms with Crippen LogP contribution in [-0.4, -0.2) is 19.1 Å². The van der Waals surface area contributed by atoms with E-state index in [1.165, 1.54) is 12.0 Å². The zero-order valence-electron chi connectivity index (χ0n) is 13.0. The first kappa shape index (κ1) is 17.0. The Bertz CT molecular complexity index is 624. The average molecular weight is 332 g/mol. The molecule has 0 aliphatic rings. The van der Waals surface area contributed by atoms with E-state index in [4.69, 9.17) is 0 Å². The van der Waals surface area contributed by atoms with Crippen LogP contribution in [0.5, 0.6) is 0 Å². The highest BCUT2D eigenvalue weighted by molar-refractivity contribution is 7.09. The van der Waals surface area contributed by atoms with Crippen LogP contribution in [0.1, 0.15) is 23.3 Å². The zero-order chi connectivity index (χ0) is 16.5. The van der Waals surface area contributed by atoms with Crippen molar-refractivity contribution in [3.63, 3.8) is 0 Å². The number of thiophene rings is 1. The van der Waals surface area contributed by atoms with Crippen molar-refractivity contribution in [3.8, 4) is 0 Å². The summed E-state index contributed by atoms with van der Waals surface area (Å²) in [5, 5.41) is 7.53. The Morgan fingerprint density at radius 1 is 1.17 bits per heavy atom. The molecule has 6 heteroatoms. The Morgan fingerprint density at radius 2 is 1.96 bits per heavy atom. The van der Waals surface area contributed by atoms with Crippen molar-refractivity contribution in [3.05, 3.63) is 52.2 Å². The van der Waals surface area contributed by atoms with Gasteiger partial charge in [0.05, 0.1) is 7.11 Å². The van der Waals surface area contributed by atoms with Gasteiger partial charge in [-0.2, -0.15) is 0 Å². The number of aryl methyl sites for hydroxylation is 1. The van der Waals surface area contributed by atoms with Gasteiger partial charge in [0.2, 0.25) is 5.91 Å². The molecular weight excluding hydrogens is 312 g/mol. The quantitative estimate of drug-likeness (QED) is 0.814. The van der Waals surface area contributed by atoms with E-state index in [0.29, 0.717) is 13.0 Å². The number of amides is 2. The summed E-state index contributed by atoms with van der Waals surface area (Å²) in [5.41, 5.74) is 1.69. The maximum Gasteiger partial charge on any atom is 0.407 e. The van der Waals surface area contributed by atoms with Crippen molar-refractivity contribution >= 4 is 29.0 Å². The lowest BCUT2D eigenvalue weighted by molar-refractivity contribution is -0.116. The van der Waals surface area contributed by atoms with E-state index in [9.17, 15) is 9.59 Å².